The van der Waals surface area contributed by atoms with Crippen molar-refractivity contribution < 1.29 is 19.7 Å². The fourth-order valence-electron chi connectivity index (χ4n) is 3.96. The predicted molar refractivity (Wildman–Crippen MR) is 130 cm³/mol. The Morgan fingerprint density at radius 3 is 2.46 bits per heavy atom. The van der Waals surface area contributed by atoms with Gasteiger partial charge in [-0.2, -0.15) is 0 Å². The minimum absolute atomic E-state index is 0.0509. The molecule has 2 aromatic heterocycles. The van der Waals surface area contributed by atoms with Gasteiger partial charge in [0.05, 0.1) is 24.5 Å². The molecule has 4 rings (SSSR count). The number of aliphatic carboxylic acids is 1. The van der Waals surface area contributed by atoms with E-state index in [1.54, 1.807) is 43.6 Å². The third-order valence-corrected chi connectivity index (χ3v) is 6.02. The SMILES string of the molecule is COc1ccc(-c2ccc(CC[C@@H](O)[C@@H](CCn3nnc4ccccc4c3=O)C(=O)O)cc2)cn1. The molecule has 2 heterocycles. The molecular formula is C26H26N4O5. The van der Waals surface area contributed by atoms with Gasteiger partial charge in [-0.25, -0.2) is 9.67 Å². The summed E-state index contributed by atoms with van der Waals surface area (Å²) in [4.78, 5) is 28.6. The number of pyridine rings is 1. The summed E-state index contributed by atoms with van der Waals surface area (Å²) >= 11 is 0. The molecule has 0 aliphatic heterocycles. The van der Waals surface area contributed by atoms with Crippen molar-refractivity contribution in [1.29, 1.82) is 0 Å². The van der Waals surface area contributed by atoms with Crippen LogP contribution in [0.2, 0.25) is 0 Å². The highest BCUT2D eigenvalue weighted by Gasteiger charge is 2.26. The Morgan fingerprint density at radius 2 is 1.77 bits per heavy atom. The van der Waals surface area contributed by atoms with Crippen LogP contribution in [0.4, 0.5) is 0 Å². The Kier molecular flexibility index (Phi) is 7.47. The molecule has 4 aromatic rings. The van der Waals surface area contributed by atoms with E-state index in [9.17, 15) is 19.8 Å². The highest BCUT2D eigenvalue weighted by Crippen LogP contribution is 2.22. The zero-order valence-corrected chi connectivity index (χ0v) is 19.2. The lowest BCUT2D eigenvalue weighted by molar-refractivity contribution is -0.146. The number of aromatic nitrogens is 4. The molecule has 0 amide bonds. The maximum Gasteiger partial charge on any atom is 0.309 e. The molecule has 0 unspecified atom stereocenters. The maximum atomic E-state index is 12.6. The fraction of sp³-hybridized carbons (Fsp3) is 0.269. The molecule has 9 nitrogen and oxygen atoms in total. The molecule has 2 atom stereocenters. The van der Waals surface area contributed by atoms with Crippen LogP contribution in [0.15, 0.2) is 71.7 Å². The van der Waals surface area contributed by atoms with Crippen LogP contribution in [0.1, 0.15) is 18.4 Å². The highest BCUT2D eigenvalue weighted by atomic mass is 16.5. The Hall–Kier alpha value is -4.11. The fourth-order valence-corrected chi connectivity index (χ4v) is 3.96. The third kappa shape index (κ3) is 5.70. The van der Waals surface area contributed by atoms with Crippen molar-refractivity contribution in [2.45, 2.75) is 31.9 Å². The zero-order chi connectivity index (χ0) is 24.8. The Labute approximate surface area is 201 Å². The van der Waals surface area contributed by atoms with Crippen LogP contribution in [-0.4, -0.2) is 49.4 Å². The number of methoxy groups -OCH3 is 1. The minimum Gasteiger partial charge on any atom is -0.481 e. The number of rotatable bonds is 10. The van der Waals surface area contributed by atoms with Gasteiger partial charge in [-0.15, -0.1) is 5.10 Å². The van der Waals surface area contributed by atoms with Gasteiger partial charge in [-0.3, -0.25) is 9.59 Å². The van der Waals surface area contributed by atoms with E-state index in [0.717, 1.165) is 21.4 Å². The molecule has 2 aromatic carbocycles. The second-order valence-corrected chi connectivity index (χ2v) is 8.26. The first-order chi connectivity index (χ1) is 17.0. The van der Waals surface area contributed by atoms with Crippen molar-refractivity contribution in [3.05, 3.63) is 82.8 Å². The van der Waals surface area contributed by atoms with Crippen LogP contribution >= 0.6 is 0 Å². The quantitative estimate of drug-likeness (QED) is 0.359. The Morgan fingerprint density at radius 1 is 1.03 bits per heavy atom. The molecule has 0 saturated heterocycles. The molecule has 0 bridgehead atoms. The summed E-state index contributed by atoms with van der Waals surface area (Å²) in [5.74, 6) is -1.59. The van der Waals surface area contributed by atoms with E-state index in [-0.39, 0.29) is 24.9 Å². The lowest BCUT2D eigenvalue weighted by Crippen LogP contribution is -2.32. The summed E-state index contributed by atoms with van der Waals surface area (Å²) in [6.45, 7) is 0.0509. The van der Waals surface area contributed by atoms with Gasteiger partial charge in [-0.1, -0.05) is 41.6 Å². The average Bonchev–Trinajstić information content (AvgIpc) is 2.89. The molecule has 0 fully saturated rings. The van der Waals surface area contributed by atoms with Gasteiger partial charge >= 0.3 is 5.97 Å². The molecule has 0 aliphatic rings. The number of fused-ring (bicyclic) bond motifs is 1. The number of nitrogens with zero attached hydrogens (tertiary/aromatic N) is 4. The standard InChI is InChI=1S/C26H26N4O5/c1-35-24-13-11-19(16-27-24)18-9-6-17(7-10-18)8-12-23(31)21(26(33)34)14-15-30-25(32)20-4-2-3-5-22(20)28-29-30/h2-7,9-11,13,16,21,23,31H,8,12,14-15H2,1H3,(H,33,34)/t21-,23-/m1/s1. The smallest absolute Gasteiger partial charge is 0.309 e. The van der Waals surface area contributed by atoms with E-state index in [4.69, 9.17) is 4.74 Å². The number of benzene rings is 2. The summed E-state index contributed by atoms with van der Waals surface area (Å²) in [5.41, 5.74) is 3.08. The number of carboxylic acid groups (broad SMARTS) is 1. The lowest BCUT2D eigenvalue weighted by atomic mass is 9.93. The van der Waals surface area contributed by atoms with Crippen molar-refractivity contribution in [2.24, 2.45) is 5.92 Å². The number of hydrogen-bond acceptors (Lipinski definition) is 7. The van der Waals surface area contributed by atoms with Crippen molar-refractivity contribution >= 4 is 16.9 Å². The molecule has 0 aliphatic carbocycles. The van der Waals surface area contributed by atoms with Gasteiger partial charge in [0.25, 0.3) is 5.56 Å². The summed E-state index contributed by atoms with van der Waals surface area (Å²) < 4.78 is 6.23. The first kappa shape index (κ1) is 24.0. The molecule has 180 valence electrons. The molecule has 35 heavy (non-hydrogen) atoms. The van der Waals surface area contributed by atoms with Gasteiger partial charge in [0, 0.05) is 24.4 Å². The first-order valence-electron chi connectivity index (χ1n) is 11.3. The van der Waals surface area contributed by atoms with E-state index in [1.807, 2.05) is 30.3 Å². The second kappa shape index (κ2) is 10.9. The van der Waals surface area contributed by atoms with E-state index < -0.39 is 18.0 Å². The molecular weight excluding hydrogens is 448 g/mol. The Balaban J connectivity index is 1.36. The van der Waals surface area contributed by atoms with Crippen molar-refractivity contribution in [2.75, 3.05) is 7.11 Å². The van der Waals surface area contributed by atoms with Crippen molar-refractivity contribution in [3.8, 4) is 17.0 Å². The number of carboxylic acids is 1. The van der Waals surface area contributed by atoms with Crippen LogP contribution in [0.25, 0.3) is 22.0 Å². The number of carbonyl (C=O) groups is 1. The van der Waals surface area contributed by atoms with Crippen LogP contribution in [0.3, 0.4) is 0 Å². The van der Waals surface area contributed by atoms with Crippen LogP contribution < -0.4 is 10.3 Å². The van der Waals surface area contributed by atoms with Gasteiger partial charge in [0.15, 0.2) is 0 Å². The summed E-state index contributed by atoms with van der Waals surface area (Å²) in [5, 5.41) is 28.6. The topological polar surface area (TPSA) is 127 Å². The van der Waals surface area contributed by atoms with E-state index in [1.165, 1.54) is 0 Å². The molecule has 0 radical (unpaired) electrons. The predicted octanol–water partition coefficient (Wildman–Crippen LogP) is 2.95. The number of aliphatic hydroxyl groups is 1. The van der Waals surface area contributed by atoms with E-state index in [2.05, 4.69) is 15.3 Å². The summed E-state index contributed by atoms with van der Waals surface area (Å²) in [7, 11) is 1.57. The molecule has 0 saturated carbocycles. The van der Waals surface area contributed by atoms with Gasteiger partial charge in [0.2, 0.25) is 5.88 Å². The Bertz CT molecular complexity index is 1350. The van der Waals surface area contributed by atoms with Gasteiger partial charge < -0.3 is 14.9 Å². The zero-order valence-electron chi connectivity index (χ0n) is 19.2. The monoisotopic (exact) mass is 474 g/mol. The first-order valence-corrected chi connectivity index (χ1v) is 11.3. The van der Waals surface area contributed by atoms with Crippen molar-refractivity contribution in [1.82, 2.24) is 20.0 Å². The molecule has 9 heteroatoms. The highest BCUT2D eigenvalue weighted by molar-refractivity contribution is 5.76. The molecule has 0 spiro atoms. The minimum atomic E-state index is -1.11. The number of aryl methyl sites for hydroxylation is 2. The van der Waals surface area contributed by atoms with Crippen LogP contribution in [0.5, 0.6) is 5.88 Å². The summed E-state index contributed by atoms with van der Waals surface area (Å²) in [6, 6.07) is 18.4. The number of hydrogen-bond donors (Lipinski definition) is 2. The van der Waals surface area contributed by atoms with E-state index in [0.29, 0.717) is 23.2 Å². The normalized spacial score (nSPS) is 12.9. The maximum absolute atomic E-state index is 12.6. The second-order valence-electron chi connectivity index (χ2n) is 8.26. The number of aliphatic hydroxyl groups excluding tert-OH is 1. The number of ether oxygens (including phenoxy) is 1. The summed E-state index contributed by atoms with van der Waals surface area (Å²) in [6.07, 6.45) is 1.52. The van der Waals surface area contributed by atoms with Crippen LogP contribution in [0, 0.1) is 5.92 Å². The van der Waals surface area contributed by atoms with Crippen LogP contribution in [-0.2, 0) is 17.8 Å². The van der Waals surface area contributed by atoms with E-state index >= 15 is 0 Å². The van der Waals surface area contributed by atoms with Gasteiger partial charge in [0.1, 0.15) is 5.52 Å². The largest absolute Gasteiger partial charge is 0.481 e. The van der Waals surface area contributed by atoms with Crippen molar-refractivity contribution in [3.63, 3.8) is 0 Å². The third-order valence-electron chi connectivity index (χ3n) is 6.02. The average molecular weight is 475 g/mol. The van der Waals surface area contributed by atoms with Gasteiger partial charge in [-0.05, 0) is 48.6 Å². The lowest BCUT2D eigenvalue weighted by Gasteiger charge is -2.19. The molecule has 2 N–H and O–H groups in total.